The number of aliphatic imine (C=N–C) groups is 1. The van der Waals surface area contributed by atoms with E-state index in [1.807, 2.05) is 42.5 Å². The molecule has 0 aliphatic carbocycles. The predicted octanol–water partition coefficient (Wildman–Crippen LogP) is 1.22. The van der Waals surface area contributed by atoms with Gasteiger partial charge in [0.05, 0.1) is 16.9 Å². The maximum Gasteiger partial charge on any atom is 1.00 e. The van der Waals surface area contributed by atoms with Crippen molar-refractivity contribution in [2.45, 2.75) is 32.6 Å². The molecule has 38 heavy (non-hydrogen) atoms. The largest absolute Gasteiger partial charge is 1.00 e. The zero-order valence-electron chi connectivity index (χ0n) is 22.0. The van der Waals surface area contributed by atoms with Gasteiger partial charge in [-0.05, 0) is 65.9 Å². The van der Waals surface area contributed by atoms with Crippen LogP contribution in [0.2, 0.25) is 0 Å². The summed E-state index contributed by atoms with van der Waals surface area (Å²) in [6.45, 7) is 6.39. The van der Waals surface area contributed by atoms with Gasteiger partial charge < -0.3 is 15.2 Å². The summed E-state index contributed by atoms with van der Waals surface area (Å²) in [5.74, 6) is -0.0276. The van der Waals surface area contributed by atoms with Crippen molar-refractivity contribution in [3.63, 3.8) is 0 Å². The van der Waals surface area contributed by atoms with Gasteiger partial charge in [-0.15, -0.1) is 6.26 Å². The molecule has 0 spiro atoms. The molecule has 3 aromatic rings. The Balaban J connectivity index is 0.00000400. The summed E-state index contributed by atoms with van der Waals surface area (Å²) < 4.78 is 5.62. The van der Waals surface area contributed by atoms with E-state index in [1.54, 1.807) is 36.4 Å². The van der Waals surface area contributed by atoms with Crippen molar-refractivity contribution in [2.24, 2.45) is 4.99 Å². The van der Waals surface area contributed by atoms with Crippen LogP contribution in [-0.2, 0) is 15.0 Å². The number of amides is 2. The van der Waals surface area contributed by atoms with Crippen molar-refractivity contribution in [2.75, 3.05) is 16.9 Å². The first kappa shape index (κ1) is 29.0. The number of carbonyl (C=O) groups excluding carboxylic acids is 2. The van der Waals surface area contributed by atoms with Gasteiger partial charge in [-0.1, -0.05) is 51.1 Å². The number of nitrogens with zero attached hydrogens (tertiary/aromatic N) is 2. The van der Waals surface area contributed by atoms with Crippen LogP contribution in [-0.4, -0.2) is 24.3 Å². The number of amidine groups is 1. The van der Waals surface area contributed by atoms with Crippen molar-refractivity contribution in [3.05, 3.63) is 96.3 Å². The molecule has 1 saturated heterocycles. The van der Waals surface area contributed by atoms with Gasteiger partial charge in [-0.3, -0.25) is 15.0 Å². The van der Waals surface area contributed by atoms with Crippen LogP contribution in [0.5, 0.6) is 5.75 Å². The number of ether oxygens (including phenoxy) is 1. The molecule has 9 heteroatoms. The summed E-state index contributed by atoms with van der Waals surface area (Å²) in [6, 6.07) is 23.4. The topological polar surface area (TPSA) is 106 Å². The first-order valence-electron chi connectivity index (χ1n) is 12.0. The molecular formula is C29H29N4NaO4. The Hall–Kier alpha value is -3.59. The number of nitrogens with one attached hydrogen (secondary N) is 2. The molecule has 190 valence electrons. The van der Waals surface area contributed by atoms with Crippen molar-refractivity contribution >= 4 is 34.7 Å². The molecule has 1 heterocycles. The maximum atomic E-state index is 12.7. The summed E-state index contributed by atoms with van der Waals surface area (Å²) in [4.78, 5) is 29.5. The molecule has 0 saturated carbocycles. The first-order chi connectivity index (χ1) is 17.8. The molecule has 0 bridgehead atoms. The number of anilines is 2. The van der Waals surface area contributed by atoms with Gasteiger partial charge in [0.15, 0.2) is 12.4 Å². The molecule has 1 aliphatic heterocycles. The van der Waals surface area contributed by atoms with Crippen LogP contribution in [0.3, 0.4) is 0 Å². The molecule has 4 rings (SSSR count). The smallest absolute Gasteiger partial charge is 0.877 e. The van der Waals surface area contributed by atoms with Crippen LogP contribution in [0.25, 0.3) is 0 Å². The fraction of sp³-hybridized carbons (Fsp3) is 0.207. The Morgan fingerprint density at radius 2 is 1.71 bits per heavy atom. The van der Waals surface area contributed by atoms with Crippen LogP contribution in [0.1, 0.15) is 32.8 Å². The van der Waals surface area contributed by atoms with E-state index in [1.165, 1.54) is 10.6 Å². The minimum Gasteiger partial charge on any atom is -0.877 e. The van der Waals surface area contributed by atoms with E-state index in [2.05, 4.69) is 36.5 Å². The zero-order valence-corrected chi connectivity index (χ0v) is 24.0. The third-order valence-electron chi connectivity index (χ3n) is 6.32. The number of hydrogen-bond acceptors (Lipinski definition) is 5. The van der Waals surface area contributed by atoms with Crippen molar-refractivity contribution in [1.29, 1.82) is 0 Å². The Labute approximate surface area is 244 Å². The number of carbonyl (C=O) groups is 2. The number of rotatable bonds is 8. The summed E-state index contributed by atoms with van der Waals surface area (Å²) in [5.41, 5.74) is 5.76. The van der Waals surface area contributed by atoms with E-state index in [0.717, 1.165) is 6.42 Å². The number of para-hydroxylation sites is 1. The molecule has 3 aromatic carbocycles. The minimum absolute atomic E-state index is 0. The molecule has 8 nitrogen and oxygen atoms in total. The second-order valence-corrected chi connectivity index (χ2v) is 9.23. The van der Waals surface area contributed by atoms with Crippen LogP contribution in [0, 0.1) is 0 Å². The van der Waals surface area contributed by atoms with Crippen LogP contribution in [0.4, 0.5) is 17.1 Å². The van der Waals surface area contributed by atoms with E-state index in [9.17, 15) is 14.7 Å². The maximum absolute atomic E-state index is 12.7. The van der Waals surface area contributed by atoms with Gasteiger partial charge in [0.25, 0.3) is 11.8 Å². The Morgan fingerprint density at radius 3 is 2.32 bits per heavy atom. The fourth-order valence-electron chi connectivity index (χ4n) is 3.69. The van der Waals surface area contributed by atoms with Crippen LogP contribution < -0.4 is 55.2 Å². The third-order valence-corrected chi connectivity index (χ3v) is 6.32. The SMILES string of the molecule is CCC(C)(C)c1ccc(OCC(=O)Nc2ccc(N3NC(=Nc4ccccc4)/C(=C\[O-])C3=O)cc2)cc1.[Na+]. The molecule has 0 atom stereocenters. The number of benzene rings is 3. The van der Waals surface area contributed by atoms with Crippen LogP contribution in [0.15, 0.2) is 95.7 Å². The molecule has 1 fully saturated rings. The normalized spacial score (nSPS) is 15.2. The van der Waals surface area contributed by atoms with Gasteiger partial charge in [0, 0.05) is 5.69 Å². The Kier molecular flexibility index (Phi) is 9.74. The second kappa shape index (κ2) is 12.8. The van der Waals surface area contributed by atoms with Gasteiger partial charge in [-0.25, -0.2) is 10.0 Å². The standard InChI is InChI=1S/C29H30N4O4.Na/c1-4-29(2,3)20-10-16-24(17-11-20)37-19-26(35)30-22-12-14-23(15-13-22)33-28(36)25(18-34)27(32-33)31-21-8-6-5-7-9-21;/h5-18,34H,4,19H2,1-3H3,(H,30,35)(H,31,32);/q;+1/p-1/b25-18+;. The van der Waals surface area contributed by atoms with E-state index in [-0.39, 0.29) is 58.9 Å². The third kappa shape index (κ3) is 6.83. The molecular weight excluding hydrogens is 491 g/mol. The Morgan fingerprint density at radius 1 is 1.05 bits per heavy atom. The van der Waals surface area contributed by atoms with Crippen molar-refractivity contribution < 1.29 is 49.0 Å². The first-order valence-corrected chi connectivity index (χ1v) is 12.0. The van der Waals surface area contributed by atoms with Crippen LogP contribution >= 0.6 is 0 Å². The number of hydrogen-bond donors (Lipinski definition) is 2. The van der Waals surface area contributed by atoms with E-state index >= 15 is 0 Å². The quantitative estimate of drug-likeness (QED) is 0.264. The van der Waals surface area contributed by atoms with Gasteiger partial charge >= 0.3 is 29.6 Å². The summed E-state index contributed by atoms with van der Waals surface area (Å²) in [5, 5.41) is 15.6. The molecule has 2 amide bonds. The average Bonchev–Trinajstić information content (AvgIpc) is 3.23. The summed E-state index contributed by atoms with van der Waals surface area (Å²) in [7, 11) is 0. The average molecular weight is 521 g/mol. The van der Waals surface area contributed by atoms with Gasteiger partial charge in [0.2, 0.25) is 0 Å². The minimum atomic E-state index is -0.511. The fourth-order valence-corrected chi connectivity index (χ4v) is 3.69. The molecule has 0 radical (unpaired) electrons. The molecule has 0 aromatic heterocycles. The van der Waals surface area contributed by atoms with E-state index < -0.39 is 5.91 Å². The van der Waals surface area contributed by atoms with Gasteiger partial charge in [-0.2, -0.15) is 0 Å². The van der Waals surface area contributed by atoms with Crippen molar-refractivity contribution in [1.82, 2.24) is 5.43 Å². The second-order valence-electron chi connectivity index (χ2n) is 9.23. The number of hydrazine groups is 1. The summed E-state index contributed by atoms with van der Waals surface area (Å²) >= 11 is 0. The summed E-state index contributed by atoms with van der Waals surface area (Å²) in [6.07, 6.45) is 1.51. The monoisotopic (exact) mass is 520 g/mol. The van der Waals surface area contributed by atoms with E-state index in [0.29, 0.717) is 29.1 Å². The molecule has 0 unspecified atom stereocenters. The predicted molar refractivity (Wildman–Crippen MR) is 143 cm³/mol. The zero-order chi connectivity index (χ0) is 26.4. The molecule has 1 aliphatic rings. The van der Waals surface area contributed by atoms with Crippen molar-refractivity contribution in [3.8, 4) is 5.75 Å². The molecule has 2 N–H and O–H groups in total. The Bertz CT molecular complexity index is 1320. The van der Waals surface area contributed by atoms with E-state index in [4.69, 9.17) is 4.74 Å². The van der Waals surface area contributed by atoms with Gasteiger partial charge in [0.1, 0.15) is 5.75 Å².